The monoisotopic (exact) mass is 254 g/mol. The number of unbranched alkanes of at least 4 members (excludes halogenated alkanes) is 1. The van der Waals surface area contributed by atoms with E-state index in [0.717, 1.165) is 18.3 Å². The first-order valence-corrected chi connectivity index (χ1v) is 5.87. The van der Waals surface area contributed by atoms with Crippen molar-refractivity contribution in [3.63, 3.8) is 0 Å². The molecule has 0 aromatic heterocycles. The van der Waals surface area contributed by atoms with Crippen molar-refractivity contribution in [2.75, 3.05) is 0 Å². The fourth-order valence-corrected chi connectivity index (χ4v) is 1.63. The molecule has 1 aromatic carbocycles. The van der Waals surface area contributed by atoms with E-state index in [1.807, 2.05) is 12.1 Å². The molecule has 0 saturated carbocycles. The third-order valence-electron chi connectivity index (χ3n) is 2.24. The lowest BCUT2D eigenvalue weighted by atomic mass is 10.1. The summed E-state index contributed by atoms with van der Waals surface area (Å²) in [6, 6.07) is 8.23. The van der Waals surface area contributed by atoms with Gasteiger partial charge in [-0.2, -0.15) is 0 Å². The zero-order chi connectivity index (χ0) is 10.4. The molecule has 0 aliphatic rings. The summed E-state index contributed by atoms with van der Waals surface area (Å²) >= 11 is 3.29. The molecular formula is C12H15BrO. The number of halogens is 1. The van der Waals surface area contributed by atoms with Crippen molar-refractivity contribution in [3.8, 4) is 0 Å². The van der Waals surface area contributed by atoms with Crippen LogP contribution in [-0.4, -0.2) is 6.29 Å². The van der Waals surface area contributed by atoms with E-state index >= 15 is 0 Å². The molecule has 1 nitrogen and oxygen atoms in total. The van der Waals surface area contributed by atoms with Gasteiger partial charge >= 0.3 is 0 Å². The van der Waals surface area contributed by atoms with Crippen molar-refractivity contribution < 1.29 is 4.79 Å². The van der Waals surface area contributed by atoms with Crippen molar-refractivity contribution >= 4 is 22.2 Å². The Hall–Kier alpha value is -0.630. The summed E-state index contributed by atoms with van der Waals surface area (Å²) in [6.45, 7) is 2.19. The zero-order valence-corrected chi connectivity index (χ0v) is 9.96. The van der Waals surface area contributed by atoms with Crippen LogP contribution >= 0.6 is 15.9 Å². The van der Waals surface area contributed by atoms with Crippen LogP contribution in [0.4, 0.5) is 0 Å². The predicted octanol–water partition coefficient (Wildman–Crippen LogP) is 3.66. The fraction of sp³-hybridized carbons (Fsp3) is 0.417. The van der Waals surface area contributed by atoms with Gasteiger partial charge in [0, 0.05) is 0 Å². The van der Waals surface area contributed by atoms with E-state index in [1.165, 1.54) is 18.4 Å². The number of hydrogen-bond acceptors (Lipinski definition) is 1. The Morgan fingerprint density at radius 1 is 1.36 bits per heavy atom. The normalized spacial score (nSPS) is 12.4. The molecule has 1 aromatic rings. The molecule has 0 heterocycles. The lowest BCUT2D eigenvalue weighted by Crippen LogP contribution is -1.91. The van der Waals surface area contributed by atoms with Crippen LogP contribution in [0.15, 0.2) is 24.3 Å². The maximum absolute atomic E-state index is 10.5. The van der Waals surface area contributed by atoms with Crippen molar-refractivity contribution in [1.82, 2.24) is 0 Å². The molecule has 1 rings (SSSR count). The summed E-state index contributed by atoms with van der Waals surface area (Å²) in [7, 11) is 0. The lowest BCUT2D eigenvalue weighted by Gasteiger charge is -2.04. The van der Waals surface area contributed by atoms with E-state index in [1.54, 1.807) is 0 Å². The number of aldehydes is 1. The Morgan fingerprint density at radius 3 is 2.50 bits per heavy atom. The number of benzene rings is 1. The molecule has 0 spiro atoms. The van der Waals surface area contributed by atoms with E-state index in [2.05, 4.69) is 35.0 Å². The highest BCUT2D eigenvalue weighted by Crippen LogP contribution is 2.20. The molecule has 2 heteroatoms. The van der Waals surface area contributed by atoms with Crippen molar-refractivity contribution in [3.05, 3.63) is 35.4 Å². The third kappa shape index (κ3) is 3.26. The average molecular weight is 255 g/mol. The Morgan fingerprint density at radius 2 is 2.00 bits per heavy atom. The van der Waals surface area contributed by atoms with E-state index < -0.39 is 0 Å². The molecule has 0 fully saturated rings. The van der Waals surface area contributed by atoms with Gasteiger partial charge < -0.3 is 4.79 Å². The molecule has 0 aliphatic heterocycles. The molecule has 0 aliphatic carbocycles. The molecule has 1 unspecified atom stereocenters. The minimum Gasteiger partial charge on any atom is -0.302 e. The Labute approximate surface area is 93.7 Å². The van der Waals surface area contributed by atoms with Gasteiger partial charge in [-0.1, -0.05) is 53.5 Å². The standard InChI is InChI=1S/C12H15BrO/c1-2-3-4-10-5-7-11(8-6-10)12(13)9-14/h5-9,12H,2-4H2,1H3. The number of rotatable bonds is 5. The molecular weight excluding hydrogens is 240 g/mol. The van der Waals surface area contributed by atoms with Gasteiger partial charge in [0.25, 0.3) is 0 Å². The van der Waals surface area contributed by atoms with Crippen LogP contribution in [0.25, 0.3) is 0 Å². The van der Waals surface area contributed by atoms with Crippen LogP contribution in [0.1, 0.15) is 35.7 Å². The van der Waals surface area contributed by atoms with Crippen molar-refractivity contribution in [1.29, 1.82) is 0 Å². The third-order valence-corrected chi connectivity index (χ3v) is 2.98. The molecule has 0 saturated heterocycles. The van der Waals surface area contributed by atoms with Crippen molar-refractivity contribution in [2.24, 2.45) is 0 Å². The van der Waals surface area contributed by atoms with E-state index in [-0.39, 0.29) is 4.83 Å². The lowest BCUT2D eigenvalue weighted by molar-refractivity contribution is -0.107. The fourth-order valence-electron chi connectivity index (χ4n) is 1.33. The van der Waals surface area contributed by atoms with Gasteiger partial charge in [-0.25, -0.2) is 0 Å². The topological polar surface area (TPSA) is 17.1 Å². The summed E-state index contributed by atoms with van der Waals surface area (Å²) in [6.07, 6.45) is 4.48. The first-order chi connectivity index (χ1) is 6.77. The van der Waals surface area contributed by atoms with Crippen LogP contribution in [0.3, 0.4) is 0 Å². The molecule has 0 amide bonds. The van der Waals surface area contributed by atoms with Gasteiger partial charge in [0.1, 0.15) is 6.29 Å². The zero-order valence-electron chi connectivity index (χ0n) is 8.37. The molecule has 0 radical (unpaired) electrons. The maximum atomic E-state index is 10.5. The minimum absolute atomic E-state index is 0.164. The molecule has 76 valence electrons. The van der Waals surface area contributed by atoms with E-state index in [4.69, 9.17) is 0 Å². The largest absolute Gasteiger partial charge is 0.302 e. The second kappa shape index (κ2) is 5.97. The summed E-state index contributed by atoms with van der Waals surface area (Å²) in [5.74, 6) is 0. The quantitative estimate of drug-likeness (QED) is 0.579. The maximum Gasteiger partial charge on any atom is 0.138 e. The number of carbonyl (C=O) groups excluding carboxylic acids is 1. The molecule has 14 heavy (non-hydrogen) atoms. The predicted molar refractivity (Wildman–Crippen MR) is 62.8 cm³/mol. The number of carbonyl (C=O) groups is 1. The Kier molecular flexibility index (Phi) is 4.88. The van der Waals surface area contributed by atoms with Crippen LogP contribution in [-0.2, 0) is 11.2 Å². The van der Waals surface area contributed by atoms with Crippen LogP contribution in [0.5, 0.6) is 0 Å². The highest BCUT2D eigenvalue weighted by Gasteiger charge is 2.04. The van der Waals surface area contributed by atoms with E-state index in [9.17, 15) is 4.79 Å². The Balaban J connectivity index is 2.63. The van der Waals surface area contributed by atoms with Gasteiger partial charge in [-0.15, -0.1) is 0 Å². The average Bonchev–Trinajstić information content (AvgIpc) is 2.26. The van der Waals surface area contributed by atoms with Gasteiger partial charge in [0.05, 0.1) is 4.83 Å². The van der Waals surface area contributed by atoms with Gasteiger partial charge in [-0.05, 0) is 24.0 Å². The number of hydrogen-bond donors (Lipinski definition) is 0. The highest BCUT2D eigenvalue weighted by atomic mass is 79.9. The van der Waals surface area contributed by atoms with Crippen molar-refractivity contribution in [2.45, 2.75) is 31.0 Å². The summed E-state index contributed by atoms with van der Waals surface area (Å²) in [4.78, 5) is 10.4. The smallest absolute Gasteiger partial charge is 0.138 e. The molecule has 0 bridgehead atoms. The summed E-state index contributed by atoms with van der Waals surface area (Å²) < 4.78 is 0. The number of alkyl halides is 1. The second-order valence-corrected chi connectivity index (χ2v) is 4.37. The van der Waals surface area contributed by atoms with Crippen LogP contribution in [0, 0.1) is 0 Å². The first-order valence-electron chi connectivity index (χ1n) is 4.96. The van der Waals surface area contributed by atoms with Crippen LogP contribution in [0.2, 0.25) is 0 Å². The SMILES string of the molecule is CCCCc1ccc(C(Br)C=O)cc1. The van der Waals surface area contributed by atoms with E-state index in [0.29, 0.717) is 0 Å². The van der Waals surface area contributed by atoms with Gasteiger partial charge in [0.2, 0.25) is 0 Å². The number of aryl methyl sites for hydroxylation is 1. The molecule has 1 atom stereocenters. The first kappa shape index (κ1) is 11.4. The Bertz CT molecular complexity index is 279. The highest BCUT2D eigenvalue weighted by molar-refractivity contribution is 9.09. The van der Waals surface area contributed by atoms with Gasteiger partial charge in [0.15, 0.2) is 0 Å². The second-order valence-electron chi connectivity index (χ2n) is 3.38. The molecule has 0 N–H and O–H groups in total. The van der Waals surface area contributed by atoms with Gasteiger partial charge in [-0.3, -0.25) is 0 Å². The summed E-state index contributed by atoms with van der Waals surface area (Å²) in [5.41, 5.74) is 2.38. The summed E-state index contributed by atoms with van der Waals surface area (Å²) in [5, 5.41) is 0. The van der Waals surface area contributed by atoms with Crippen LogP contribution < -0.4 is 0 Å². The minimum atomic E-state index is -0.164.